The lowest BCUT2D eigenvalue weighted by molar-refractivity contribution is -0.123. The highest BCUT2D eigenvalue weighted by atomic mass is 16.6. The van der Waals surface area contributed by atoms with Crippen molar-refractivity contribution in [3.8, 4) is 0 Å². The molecule has 0 radical (unpaired) electrons. The van der Waals surface area contributed by atoms with Crippen LogP contribution in [0, 0.1) is 5.92 Å². The lowest BCUT2D eigenvalue weighted by Crippen LogP contribution is -2.51. The number of ketones is 1. The molecule has 7 nitrogen and oxygen atoms in total. The number of aliphatic hydroxyl groups is 1. The molecule has 0 aliphatic heterocycles. The van der Waals surface area contributed by atoms with Crippen LogP contribution >= 0.6 is 0 Å². The molecule has 2 N–H and O–H groups in total. The molecule has 0 fully saturated rings. The molecule has 0 heterocycles. The van der Waals surface area contributed by atoms with E-state index in [1.54, 1.807) is 0 Å². The molecule has 31 heavy (non-hydrogen) atoms. The van der Waals surface area contributed by atoms with Gasteiger partial charge in [0.05, 0.1) is 6.04 Å². The monoisotopic (exact) mass is 426 g/mol. The van der Waals surface area contributed by atoms with Gasteiger partial charge in [0, 0.05) is 6.54 Å². The van der Waals surface area contributed by atoms with Gasteiger partial charge in [-0.1, -0.05) is 74.5 Å². The summed E-state index contributed by atoms with van der Waals surface area (Å²) in [6, 6.07) is 17.1. The number of carbonyl (C=O) groups is 3. The van der Waals surface area contributed by atoms with Gasteiger partial charge in [-0.15, -0.1) is 0 Å². The van der Waals surface area contributed by atoms with Gasteiger partial charge >= 0.3 is 12.1 Å². The van der Waals surface area contributed by atoms with E-state index in [0.717, 1.165) is 16.0 Å². The number of carbonyl (C=O) groups excluding carboxylic acids is 3. The molecule has 0 aliphatic carbocycles. The van der Waals surface area contributed by atoms with Crippen molar-refractivity contribution in [2.45, 2.75) is 39.3 Å². The Kier molecular flexibility index (Phi) is 9.71. The maximum Gasteiger partial charge on any atom is 0.418 e. The molecule has 2 rings (SSSR count). The van der Waals surface area contributed by atoms with E-state index < -0.39 is 30.6 Å². The summed E-state index contributed by atoms with van der Waals surface area (Å²) in [4.78, 5) is 38.6. The van der Waals surface area contributed by atoms with E-state index in [1.807, 2.05) is 74.5 Å². The zero-order valence-corrected chi connectivity index (χ0v) is 18.0. The third-order valence-electron chi connectivity index (χ3n) is 4.63. The molecular weight excluding hydrogens is 396 g/mol. The Morgan fingerprint density at radius 2 is 1.55 bits per heavy atom. The highest BCUT2D eigenvalue weighted by Crippen LogP contribution is 2.10. The summed E-state index contributed by atoms with van der Waals surface area (Å²) >= 11 is 0. The standard InChI is InChI=1S/C24H30N2O5/c1-18(2)15-26(24(30)31-17-20-11-7-4-8-12-20)23(29)25-21(22(28)16-27)14-13-19-9-5-3-6-10-19/h3-12,18,21,27H,13-17H2,1-2H3,(H,25,29)/t21-/m0/s1. The maximum absolute atomic E-state index is 12.9. The molecule has 0 spiro atoms. The van der Waals surface area contributed by atoms with Gasteiger partial charge in [-0.25, -0.2) is 14.5 Å². The van der Waals surface area contributed by atoms with Crippen LogP contribution in [0.2, 0.25) is 0 Å². The normalized spacial score (nSPS) is 11.6. The number of hydrogen-bond acceptors (Lipinski definition) is 5. The number of aliphatic hydroxyl groups excluding tert-OH is 1. The molecular formula is C24H30N2O5. The Morgan fingerprint density at radius 3 is 2.10 bits per heavy atom. The van der Waals surface area contributed by atoms with Crippen LogP contribution in [0.25, 0.3) is 0 Å². The number of urea groups is 1. The molecule has 2 aromatic rings. The number of aryl methyl sites for hydroxylation is 1. The van der Waals surface area contributed by atoms with Crippen molar-refractivity contribution in [3.63, 3.8) is 0 Å². The zero-order chi connectivity index (χ0) is 22.6. The summed E-state index contributed by atoms with van der Waals surface area (Å²) in [5.74, 6) is -0.502. The minimum atomic E-state index is -0.908. The summed E-state index contributed by atoms with van der Waals surface area (Å²) in [6.45, 7) is 3.22. The number of rotatable bonds is 10. The highest BCUT2D eigenvalue weighted by Gasteiger charge is 2.28. The minimum absolute atomic E-state index is 0.00587. The molecule has 0 aromatic heterocycles. The van der Waals surface area contributed by atoms with Crippen molar-refractivity contribution in [1.29, 1.82) is 0 Å². The van der Waals surface area contributed by atoms with E-state index in [2.05, 4.69) is 5.32 Å². The van der Waals surface area contributed by atoms with Crippen molar-refractivity contribution >= 4 is 17.9 Å². The van der Waals surface area contributed by atoms with Gasteiger partial charge in [0.25, 0.3) is 0 Å². The predicted octanol–water partition coefficient (Wildman–Crippen LogP) is 3.55. The third-order valence-corrected chi connectivity index (χ3v) is 4.63. The number of Topliss-reactive ketones (excluding diaryl/α,β-unsaturated/α-hetero) is 1. The predicted molar refractivity (Wildman–Crippen MR) is 117 cm³/mol. The van der Waals surface area contributed by atoms with Crippen molar-refractivity contribution in [1.82, 2.24) is 10.2 Å². The van der Waals surface area contributed by atoms with Crippen molar-refractivity contribution in [2.24, 2.45) is 5.92 Å². The number of nitrogens with zero attached hydrogens (tertiary/aromatic N) is 1. The van der Waals surface area contributed by atoms with E-state index in [4.69, 9.17) is 4.74 Å². The summed E-state index contributed by atoms with van der Waals surface area (Å²) in [5, 5.41) is 11.9. The number of imide groups is 1. The highest BCUT2D eigenvalue weighted by molar-refractivity contribution is 5.94. The Labute approximate surface area is 183 Å². The third kappa shape index (κ3) is 8.22. The van der Waals surface area contributed by atoms with E-state index in [9.17, 15) is 19.5 Å². The molecule has 0 aliphatic rings. The topological polar surface area (TPSA) is 95.9 Å². The first kappa shape index (κ1) is 24.1. The van der Waals surface area contributed by atoms with Gasteiger partial charge in [0.1, 0.15) is 13.2 Å². The smallest absolute Gasteiger partial charge is 0.418 e. The molecule has 2 aromatic carbocycles. The quantitative estimate of drug-likeness (QED) is 0.606. The van der Waals surface area contributed by atoms with Crippen LogP contribution in [-0.4, -0.2) is 47.1 Å². The van der Waals surface area contributed by atoms with Crippen molar-refractivity contribution < 1.29 is 24.2 Å². The molecule has 0 unspecified atom stereocenters. The number of amides is 3. The number of hydrogen-bond donors (Lipinski definition) is 2. The van der Waals surface area contributed by atoms with Crippen molar-refractivity contribution in [2.75, 3.05) is 13.2 Å². The van der Waals surface area contributed by atoms with E-state index in [-0.39, 0.29) is 19.1 Å². The Bertz CT molecular complexity index is 840. The van der Waals surface area contributed by atoms with Crippen LogP contribution in [0.5, 0.6) is 0 Å². The Hall–Kier alpha value is -3.19. The van der Waals surface area contributed by atoms with Gasteiger partial charge in [0.15, 0.2) is 5.78 Å². The number of ether oxygens (including phenoxy) is 1. The van der Waals surface area contributed by atoms with Crippen LogP contribution in [0.1, 0.15) is 31.4 Å². The maximum atomic E-state index is 12.9. The minimum Gasteiger partial charge on any atom is -0.444 e. The average molecular weight is 427 g/mol. The van der Waals surface area contributed by atoms with Gasteiger partial charge in [-0.05, 0) is 29.9 Å². The average Bonchev–Trinajstić information content (AvgIpc) is 2.79. The lowest BCUT2D eigenvalue weighted by atomic mass is 10.0. The van der Waals surface area contributed by atoms with Crippen LogP contribution in [0.3, 0.4) is 0 Å². The zero-order valence-electron chi connectivity index (χ0n) is 18.0. The van der Waals surface area contributed by atoms with E-state index in [1.165, 1.54) is 0 Å². The lowest BCUT2D eigenvalue weighted by Gasteiger charge is -2.25. The van der Waals surface area contributed by atoms with Crippen LogP contribution in [0.4, 0.5) is 9.59 Å². The molecule has 0 bridgehead atoms. The fourth-order valence-corrected chi connectivity index (χ4v) is 3.01. The second-order valence-electron chi connectivity index (χ2n) is 7.70. The molecule has 0 saturated carbocycles. The van der Waals surface area contributed by atoms with E-state index in [0.29, 0.717) is 12.8 Å². The van der Waals surface area contributed by atoms with Gasteiger partial charge in [0.2, 0.25) is 0 Å². The molecule has 3 amide bonds. The molecule has 0 saturated heterocycles. The van der Waals surface area contributed by atoms with Gasteiger partial charge < -0.3 is 15.2 Å². The Balaban J connectivity index is 2.04. The first-order valence-corrected chi connectivity index (χ1v) is 10.4. The summed E-state index contributed by atoms with van der Waals surface area (Å²) in [7, 11) is 0. The summed E-state index contributed by atoms with van der Waals surface area (Å²) < 4.78 is 5.30. The largest absolute Gasteiger partial charge is 0.444 e. The number of benzene rings is 2. The molecule has 7 heteroatoms. The fourth-order valence-electron chi connectivity index (χ4n) is 3.01. The number of nitrogens with one attached hydrogen (secondary N) is 1. The molecule has 166 valence electrons. The summed E-state index contributed by atoms with van der Waals surface area (Å²) in [5.41, 5.74) is 1.81. The van der Waals surface area contributed by atoms with Crippen LogP contribution in [-0.2, 0) is 22.6 Å². The second kappa shape index (κ2) is 12.5. The van der Waals surface area contributed by atoms with Crippen LogP contribution < -0.4 is 5.32 Å². The fraction of sp³-hybridized carbons (Fsp3) is 0.375. The second-order valence-corrected chi connectivity index (χ2v) is 7.70. The van der Waals surface area contributed by atoms with Crippen LogP contribution in [0.15, 0.2) is 60.7 Å². The first-order chi connectivity index (χ1) is 14.9. The van der Waals surface area contributed by atoms with Gasteiger partial charge in [-0.2, -0.15) is 0 Å². The first-order valence-electron chi connectivity index (χ1n) is 10.4. The van der Waals surface area contributed by atoms with E-state index >= 15 is 0 Å². The van der Waals surface area contributed by atoms with Crippen molar-refractivity contribution in [3.05, 3.63) is 71.8 Å². The van der Waals surface area contributed by atoms with Gasteiger partial charge in [-0.3, -0.25) is 4.79 Å². The SMILES string of the molecule is CC(C)CN(C(=O)N[C@@H](CCc1ccccc1)C(=O)CO)C(=O)OCc1ccccc1. The summed E-state index contributed by atoms with van der Waals surface area (Å²) in [6.07, 6.45) is 0.0671. The molecule has 1 atom stereocenters. The Morgan fingerprint density at radius 1 is 0.968 bits per heavy atom.